The van der Waals surface area contributed by atoms with Gasteiger partial charge >= 0.3 is 0 Å². The van der Waals surface area contributed by atoms with E-state index in [4.69, 9.17) is 4.74 Å². The first-order chi connectivity index (χ1) is 7.83. The molecule has 0 saturated carbocycles. The minimum atomic E-state index is 0.529. The molecule has 2 rings (SSSR count). The van der Waals surface area contributed by atoms with Crippen molar-refractivity contribution < 1.29 is 4.74 Å². The number of benzene rings is 1. The van der Waals surface area contributed by atoms with Crippen LogP contribution in [0.15, 0.2) is 23.2 Å². The van der Waals surface area contributed by atoms with E-state index in [1.54, 1.807) is 0 Å². The minimum Gasteiger partial charge on any atom is -0.373 e. The second-order valence-electron chi connectivity index (χ2n) is 4.26. The van der Waals surface area contributed by atoms with Gasteiger partial charge in [-0.2, -0.15) is 0 Å². The Labute approximate surface area is 97.4 Å². The Morgan fingerprint density at radius 1 is 1.44 bits per heavy atom. The van der Waals surface area contributed by atoms with Gasteiger partial charge < -0.3 is 4.74 Å². The van der Waals surface area contributed by atoms with Crippen LogP contribution >= 0.6 is 0 Å². The summed E-state index contributed by atoms with van der Waals surface area (Å²) in [5.41, 5.74) is 4.11. The predicted molar refractivity (Wildman–Crippen MR) is 67.4 cm³/mol. The fraction of sp³-hybridized carbons (Fsp3) is 0.500. The van der Waals surface area contributed by atoms with Crippen LogP contribution in [0.4, 0.5) is 0 Å². The molecule has 1 aromatic rings. The quantitative estimate of drug-likeness (QED) is 0.549. The minimum absolute atomic E-state index is 0.529. The Balaban J connectivity index is 2.09. The number of ether oxygens (including phenoxy) is 1. The van der Waals surface area contributed by atoms with E-state index in [-0.39, 0.29) is 0 Å². The maximum absolute atomic E-state index is 5.24. The molecule has 0 aromatic heterocycles. The van der Waals surface area contributed by atoms with Crippen molar-refractivity contribution in [2.45, 2.75) is 32.3 Å². The molecular formula is C14H19NO. The lowest BCUT2D eigenvalue weighted by atomic mass is 9.98. The summed E-state index contributed by atoms with van der Waals surface area (Å²) in [4.78, 5) is 4.05. The summed E-state index contributed by atoms with van der Waals surface area (Å²) < 4.78 is 5.24. The van der Waals surface area contributed by atoms with Gasteiger partial charge in [0.2, 0.25) is 0 Å². The van der Waals surface area contributed by atoms with Gasteiger partial charge in [-0.05, 0) is 42.0 Å². The van der Waals surface area contributed by atoms with Crippen molar-refractivity contribution in [3.63, 3.8) is 0 Å². The zero-order valence-electron chi connectivity index (χ0n) is 10.1. The predicted octanol–water partition coefficient (Wildman–Crippen LogP) is 2.63. The van der Waals surface area contributed by atoms with Gasteiger partial charge in [0.25, 0.3) is 0 Å². The van der Waals surface area contributed by atoms with Crippen LogP contribution in [0.2, 0.25) is 0 Å². The van der Waals surface area contributed by atoms with E-state index in [9.17, 15) is 0 Å². The Hall–Kier alpha value is -1.15. The molecule has 1 aromatic carbocycles. The molecule has 0 amide bonds. The molecule has 1 saturated heterocycles. The van der Waals surface area contributed by atoms with Gasteiger partial charge in [-0.3, -0.25) is 4.99 Å². The molecule has 0 aliphatic carbocycles. The van der Waals surface area contributed by atoms with Crippen LogP contribution in [-0.2, 0) is 17.6 Å². The summed E-state index contributed by atoms with van der Waals surface area (Å²) in [6.07, 6.45) is 5.83. The third kappa shape index (κ3) is 2.92. The van der Waals surface area contributed by atoms with Crippen molar-refractivity contribution in [1.82, 2.24) is 0 Å². The third-order valence-corrected chi connectivity index (χ3v) is 3.03. The summed E-state index contributed by atoms with van der Waals surface area (Å²) in [6.45, 7) is 3.17. The largest absolute Gasteiger partial charge is 0.373 e. The lowest BCUT2D eigenvalue weighted by molar-refractivity contribution is 0.396. The summed E-state index contributed by atoms with van der Waals surface area (Å²) in [6, 6.07) is 6.63. The molecule has 2 heteroatoms. The average molecular weight is 217 g/mol. The van der Waals surface area contributed by atoms with Crippen LogP contribution in [0.5, 0.6) is 0 Å². The highest BCUT2D eigenvalue weighted by molar-refractivity contribution is 5.79. The van der Waals surface area contributed by atoms with Gasteiger partial charge in [-0.15, -0.1) is 0 Å². The van der Waals surface area contributed by atoms with Crippen LogP contribution < -0.4 is 0 Å². The summed E-state index contributed by atoms with van der Waals surface area (Å²) in [5.74, 6) is 0. The second-order valence-corrected chi connectivity index (χ2v) is 4.26. The van der Waals surface area contributed by atoms with Crippen molar-refractivity contribution in [2.75, 3.05) is 13.7 Å². The molecule has 0 N–H and O–H groups in total. The van der Waals surface area contributed by atoms with Crippen LogP contribution in [0.1, 0.15) is 30.0 Å². The van der Waals surface area contributed by atoms with Gasteiger partial charge in [0.05, 0.1) is 12.7 Å². The number of epoxide rings is 1. The van der Waals surface area contributed by atoms with E-state index in [0.29, 0.717) is 6.10 Å². The Bertz CT molecular complexity index is 380. The molecule has 1 heterocycles. The molecule has 1 atom stereocenters. The monoisotopic (exact) mass is 217 g/mol. The zero-order chi connectivity index (χ0) is 11.4. The second kappa shape index (κ2) is 5.26. The Morgan fingerprint density at radius 2 is 2.25 bits per heavy atom. The highest BCUT2D eigenvalue weighted by Crippen LogP contribution is 2.20. The molecule has 0 radical (unpaired) electrons. The van der Waals surface area contributed by atoms with Gasteiger partial charge in [-0.1, -0.05) is 19.1 Å². The molecule has 1 aliphatic heterocycles. The van der Waals surface area contributed by atoms with Crippen molar-refractivity contribution >= 4 is 6.21 Å². The topological polar surface area (TPSA) is 24.9 Å². The number of aliphatic imine (C=N–C) groups is 1. The molecule has 1 fully saturated rings. The summed E-state index contributed by atoms with van der Waals surface area (Å²) in [7, 11) is 1.81. The fourth-order valence-corrected chi connectivity index (χ4v) is 2.00. The number of rotatable bonds is 5. The standard InChI is InChI=1S/C14H19NO/c1-3-12-8-11(9-15-2)4-5-13(12)6-7-14-10-16-14/h4-5,8-9,14H,3,6-7,10H2,1-2H3/b15-9+. The third-order valence-electron chi connectivity index (χ3n) is 3.03. The van der Waals surface area contributed by atoms with Gasteiger partial charge in [0.1, 0.15) is 0 Å². The SMILES string of the molecule is CCc1cc(/C=N/C)ccc1CCC1CO1. The fourth-order valence-electron chi connectivity index (χ4n) is 2.00. The lowest BCUT2D eigenvalue weighted by Crippen LogP contribution is -1.97. The van der Waals surface area contributed by atoms with Crippen LogP contribution in [-0.4, -0.2) is 26.0 Å². The van der Waals surface area contributed by atoms with Crippen molar-refractivity contribution in [3.8, 4) is 0 Å². The van der Waals surface area contributed by atoms with Crippen LogP contribution in [0.25, 0.3) is 0 Å². The molecule has 0 spiro atoms. The van der Waals surface area contributed by atoms with Crippen molar-refractivity contribution in [2.24, 2.45) is 4.99 Å². The van der Waals surface area contributed by atoms with E-state index in [0.717, 1.165) is 25.9 Å². The van der Waals surface area contributed by atoms with Gasteiger partial charge in [0, 0.05) is 13.3 Å². The van der Waals surface area contributed by atoms with Gasteiger partial charge in [-0.25, -0.2) is 0 Å². The number of nitrogens with zero attached hydrogens (tertiary/aromatic N) is 1. The smallest absolute Gasteiger partial charge is 0.0813 e. The molecule has 2 nitrogen and oxygen atoms in total. The number of hydrogen-bond acceptors (Lipinski definition) is 2. The average Bonchev–Trinajstić information content (AvgIpc) is 3.11. The highest BCUT2D eigenvalue weighted by atomic mass is 16.6. The molecule has 1 unspecified atom stereocenters. The van der Waals surface area contributed by atoms with E-state index >= 15 is 0 Å². The van der Waals surface area contributed by atoms with Gasteiger partial charge in [0.15, 0.2) is 0 Å². The Morgan fingerprint density at radius 3 is 2.88 bits per heavy atom. The highest BCUT2D eigenvalue weighted by Gasteiger charge is 2.21. The molecule has 1 aliphatic rings. The number of hydrogen-bond donors (Lipinski definition) is 0. The Kier molecular flexibility index (Phi) is 3.73. The summed E-state index contributed by atoms with van der Waals surface area (Å²) >= 11 is 0. The molecule has 86 valence electrons. The van der Waals surface area contributed by atoms with E-state index in [2.05, 4.69) is 30.1 Å². The summed E-state index contributed by atoms with van der Waals surface area (Å²) in [5, 5.41) is 0. The van der Waals surface area contributed by atoms with Crippen molar-refractivity contribution in [3.05, 3.63) is 34.9 Å². The normalized spacial score (nSPS) is 19.2. The first-order valence-corrected chi connectivity index (χ1v) is 5.99. The van der Waals surface area contributed by atoms with Crippen LogP contribution in [0, 0.1) is 0 Å². The first kappa shape index (κ1) is 11.3. The van der Waals surface area contributed by atoms with E-state index < -0.39 is 0 Å². The molecule has 0 bridgehead atoms. The molecular weight excluding hydrogens is 198 g/mol. The zero-order valence-corrected chi connectivity index (χ0v) is 10.1. The van der Waals surface area contributed by atoms with Crippen molar-refractivity contribution in [1.29, 1.82) is 0 Å². The van der Waals surface area contributed by atoms with E-state index in [1.807, 2.05) is 13.3 Å². The maximum Gasteiger partial charge on any atom is 0.0813 e. The maximum atomic E-state index is 5.24. The van der Waals surface area contributed by atoms with Crippen LogP contribution in [0.3, 0.4) is 0 Å². The number of aryl methyl sites for hydroxylation is 2. The first-order valence-electron chi connectivity index (χ1n) is 5.99. The van der Waals surface area contributed by atoms with E-state index in [1.165, 1.54) is 16.7 Å². The lowest BCUT2D eigenvalue weighted by Gasteiger charge is -2.08. The molecule has 16 heavy (non-hydrogen) atoms.